The highest BCUT2D eigenvalue weighted by Crippen LogP contribution is 2.51. The number of nitro benzene ring substituents is 1. The van der Waals surface area contributed by atoms with Crippen molar-refractivity contribution in [2.75, 3.05) is 63.6 Å². The van der Waals surface area contributed by atoms with Crippen molar-refractivity contribution in [1.82, 2.24) is 19.8 Å². The number of aromatic nitrogens is 2. The Balaban J connectivity index is 1.26. The molecule has 5 atom stereocenters. The Morgan fingerprint density at radius 3 is 2.77 bits per heavy atom. The molecule has 2 heterocycles. The highest BCUT2D eigenvalue weighted by Gasteiger charge is 2.56. The Labute approximate surface area is 236 Å². The second kappa shape index (κ2) is 11.7. The van der Waals surface area contributed by atoms with Gasteiger partial charge in [0.05, 0.1) is 28.8 Å². The fraction of sp³-hybridized carbons (Fsp3) is 0.577. The largest absolute Gasteiger partial charge is 0.490 e. The molecule has 14 heteroatoms. The lowest BCUT2D eigenvalue weighted by molar-refractivity contribution is -0.384. The number of nitrogens with two attached hydrogens (primary N) is 1. The molecule has 1 aromatic carbocycles. The number of primary amides is 1. The number of non-ortho nitro benzene ring substituents is 1. The minimum atomic E-state index is -0.651. The molecule has 3 fully saturated rings. The molecule has 3 N–H and O–H groups in total. The zero-order valence-electron chi connectivity index (χ0n) is 22.5. The van der Waals surface area contributed by atoms with Crippen LogP contribution in [0.2, 0.25) is 5.28 Å². The summed E-state index contributed by atoms with van der Waals surface area (Å²) in [5, 5.41) is 14.4. The molecule has 2 bridgehead atoms. The Hall–Kier alpha value is -3.29. The second-order valence-electron chi connectivity index (χ2n) is 10.9. The quantitative estimate of drug-likeness (QED) is 0.245. The topological polar surface area (TPSA) is 143 Å². The fourth-order valence-corrected chi connectivity index (χ4v) is 6.68. The minimum Gasteiger partial charge on any atom is -0.490 e. The summed E-state index contributed by atoms with van der Waals surface area (Å²) in [6.07, 6.45) is 2.55. The van der Waals surface area contributed by atoms with Crippen LogP contribution in [0, 0.1) is 33.7 Å². The molecule has 1 saturated heterocycles. The molecular weight excluding hydrogens is 543 g/mol. The number of nitrogens with zero attached hydrogens (tertiary/aromatic N) is 6. The van der Waals surface area contributed by atoms with Gasteiger partial charge >= 0.3 is 0 Å². The van der Waals surface area contributed by atoms with E-state index in [1.165, 1.54) is 12.1 Å². The van der Waals surface area contributed by atoms with Gasteiger partial charge in [-0.25, -0.2) is 9.37 Å². The summed E-state index contributed by atoms with van der Waals surface area (Å²) >= 11 is 5.88. The first-order chi connectivity index (χ1) is 19.1. The summed E-state index contributed by atoms with van der Waals surface area (Å²) < 4.78 is 20.6. The maximum atomic E-state index is 14.4. The number of rotatable bonds is 10. The molecule has 40 heavy (non-hydrogen) atoms. The molecule has 0 spiro atoms. The van der Waals surface area contributed by atoms with E-state index in [1.54, 1.807) is 6.07 Å². The fourth-order valence-electron chi connectivity index (χ4n) is 6.55. The molecular formula is C26H34ClFN8O4. The van der Waals surface area contributed by atoms with E-state index in [1.807, 2.05) is 7.05 Å². The number of halogens is 2. The minimum absolute atomic E-state index is 0.0159. The average Bonchev–Trinajstić information content (AvgIpc) is 3.50. The Morgan fingerprint density at radius 1 is 1.32 bits per heavy atom. The normalized spacial score (nSPS) is 26.3. The van der Waals surface area contributed by atoms with Crippen LogP contribution in [0.3, 0.4) is 0 Å². The smallest absolute Gasteiger partial charge is 0.273 e. The highest BCUT2D eigenvalue weighted by molar-refractivity contribution is 6.28. The molecule has 1 aromatic heterocycles. The number of benzene rings is 1. The van der Waals surface area contributed by atoms with Gasteiger partial charge in [-0.3, -0.25) is 19.8 Å². The van der Waals surface area contributed by atoms with Crippen molar-refractivity contribution in [3.8, 4) is 5.75 Å². The molecule has 3 aliphatic rings. The first-order valence-corrected chi connectivity index (χ1v) is 13.8. The van der Waals surface area contributed by atoms with E-state index in [0.29, 0.717) is 18.9 Å². The molecule has 5 rings (SSSR count). The van der Waals surface area contributed by atoms with E-state index in [2.05, 4.69) is 37.0 Å². The number of likely N-dealkylation sites (N-methyl/N-ethyl adjacent to an activating group) is 2. The van der Waals surface area contributed by atoms with Crippen LogP contribution in [0.15, 0.2) is 24.4 Å². The van der Waals surface area contributed by atoms with Crippen molar-refractivity contribution in [2.45, 2.75) is 24.9 Å². The Kier molecular flexibility index (Phi) is 8.24. The summed E-state index contributed by atoms with van der Waals surface area (Å²) in [5.74, 6) is -0.983. The maximum absolute atomic E-state index is 14.4. The van der Waals surface area contributed by atoms with E-state index >= 15 is 0 Å². The van der Waals surface area contributed by atoms with Gasteiger partial charge in [-0.2, -0.15) is 4.98 Å². The van der Waals surface area contributed by atoms with Crippen LogP contribution in [-0.4, -0.2) is 96.1 Å². The van der Waals surface area contributed by atoms with Crippen LogP contribution in [0.25, 0.3) is 0 Å². The van der Waals surface area contributed by atoms with Gasteiger partial charge in [0, 0.05) is 50.9 Å². The lowest BCUT2D eigenvalue weighted by Crippen LogP contribution is -2.51. The van der Waals surface area contributed by atoms with E-state index < -0.39 is 28.6 Å². The number of piperazine rings is 1. The maximum Gasteiger partial charge on any atom is 0.273 e. The molecule has 1 amide bonds. The van der Waals surface area contributed by atoms with E-state index in [4.69, 9.17) is 22.1 Å². The molecule has 2 aliphatic carbocycles. The van der Waals surface area contributed by atoms with Crippen LogP contribution in [0.5, 0.6) is 5.75 Å². The molecule has 1 aliphatic heterocycles. The van der Waals surface area contributed by atoms with Crippen molar-refractivity contribution < 1.29 is 18.8 Å². The van der Waals surface area contributed by atoms with Crippen LogP contribution in [-0.2, 0) is 4.79 Å². The lowest BCUT2D eigenvalue weighted by Gasteiger charge is -2.39. The standard InChI is InChI=1S/C26H34ClFN8O4/c1-33-5-7-35(8-6-33)19-4-3-16(36(38)39)13-21(19)40-10-9-34(2)20-12-15-11-17(20)23(22(15)24(29)37)31-25-18(28)14-30-26(27)32-25/h3-4,13-15,17,20,22-23H,5-12H2,1-2H3,(H2,29,37)(H,30,31,32)/t15-,17+,20+,22-,23+/m0/s1. The number of nitro groups is 1. The van der Waals surface area contributed by atoms with Crippen LogP contribution < -0.4 is 20.7 Å². The molecule has 0 unspecified atom stereocenters. The van der Waals surface area contributed by atoms with Crippen molar-refractivity contribution in [3.05, 3.63) is 45.6 Å². The van der Waals surface area contributed by atoms with Gasteiger partial charge in [-0.1, -0.05) is 0 Å². The molecule has 2 saturated carbocycles. The predicted octanol–water partition coefficient (Wildman–Crippen LogP) is 2.23. The first kappa shape index (κ1) is 28.2. The summed E-state index contributed by atoms with van der Waals surface area (Å²) in [5.41, 5.74) is 6.59. The van der Waals surface area contributed by atoms with Crippen LogP contribution >= 0.6 is 11.6 Å². The number of anilines is 2. The second-order valence-corrected chi connectivity index (χ2v) is 11.3. The average molecular weight is 577 g/mol. The third kappa shape index (κ3) is 5.77. The van der Waals surface area contributed by atoms with Crippen LogP contribution in [0.1, 0.15) is 12.8 Å². The summed E-state index contributed by atoms with van der Waals surface area (Å²) in [6.45, 7) is 4.29. The zero-order valence-corrected chi connectivity index (χ0v) is 23.3. The number of hydrogen-bond donors (Lipinski definition) is 2. The third-order valence-electron chi connectivity index (χ3n) is 8.58. The van der Waals surface area contributed by atoms with E-state index in [0.717, 1.165) is 50.9 Å². The third-order valence-corrected chi connectivity index (χ3v) is 8.76. The summed E-state index contributed by atoms with van der Waals surface area (Å²) in [7, 11) is 4.06. The lowest BCUT2D eigenvalue weighted by atomic mass is 9.80. The zero-order chi connectivity index (χ0) is 28.6. The SMILES string of the molecule is CN1CCN(c2ccc([N+](=O)[O-])cc2OCCN(C)[C@@H]2C[C@@H]3C[C@H]2[C@@H](Nc2nc(Cl)ncc2F)[C@H]3C(N)=O)CC1. The number of carbonyl (C=O) groups excluding carboxylic acids is 1. The molecule has 12 nitrogen and oxygen atoms in total. The number of carbonyl (C=O) groups is 1. The number of fused-ring (bicyclic) bond motifs is 2. The highest BCUT2D eigenvalue weighted by atomic mass is 35.5. The predicted molar refractivity (Wildman–Crippen MR) is 148 cm³/mol. The van der Waals surface area contributed by atoms with Crippen molar-refractivity contribution in [2.24, 2.45) is 23.5 Å². The molecule has 2 aromatic rings. The van der Waals surface area contributed by atoms with Crippen LogP contribution in [0.4, 0.5) is 21.6 Å². The Morgan fingerprint density at radius 2 is 2.08 bits per heavy atom. The first-order valence-electron chi connectivity index (χ1n) is 13.4. The number of ether oxygens (including phenoxy) is 1. The Bertz CT molecular complexity index is 1260. The summed E-state index contributed by atoms with van der Waals surface area (Å²) in [6, 6.07) is 4.47. The van der Waals surface area contributed by atoms with E-state index in [-0.39, 0.29) is 34.7 Å². The van der Waals surface area contributed by atoms with Gasteiger partial charge < -0.3 is 25.6 Å². The number of amides is 1. The number of hydrogen-bond acceptors (Lipinski definition) is 10. The van der Waals surface area contributed by atoms with Crippen molar-refractivity contribution in [3.63, 3.8) is 0 Å². The molecule has 216 valence electrons. The number of nitrogens with one attached hydrogen (secondary N) is 1. The van der Waals surface area contributed by atoms with Gasteiger partial charge in [0.25, 0.3) is 5.69 Å². The molecule has 0 radical (unpaired) electrons. The van der Waals surface area contributed by atoms with Gasteiger partial charge in [-0.15, -0.1) is 0 Å². The van der Waals surface area contributed by atoms with Crippen molar-refractivity contribution in [1.29, 1.82) is 0 Å². The van der Waals surface area contributed by atoms with E-state index in [9.17, 15) is 19.3 Å². The van der Waals surface area contributed by atoms with Gasteiger partial charge in [-0.05, 0) is 56.4 Å². The van der Waals surface area contributed by atoms with Gasteiger partial charge in [0.15, 0.2) is 11.6 Å². The monoisotopic (exact) mass is 576 g/mol. The van der Waals surface area contributed by atoms with Gasteiger partial charge in [0.2, 0.25) is 11.2 Å². The summed E-state index contributed by atoms with van der Waals surface area (Å²) in [4.78, 5) is 37.6. The van der Waals surface area contributed by atoms with Gasteiger partial charge in [0.1, 0.15) is 12.4 Å². The van der Waals surface area contributed by atoms with Crippen molar-refractivity contribution >= 4 is 34.7 Å².